The fourth-order valence-electron chi connectivity index (χ4n) is 2.20. The zero-order valence-electron chi connectivity index (χ0n) is 10.7. The molecule has 0 unspecified atom stereocenters. The van der Waals surface area contributed by atoms with Crippen molar-refractivity contribution in [1.29, 1.82) is 0 Å². The third-order valence-electron chi connectivity index (χ3n) is 3.15. The zero-order chi connectivity index (χ0) is 14.3. The number of carbonyl (C=O) groups is 1. The average molecular weight is 270 g/mol. The van der Waals surface area contributed by atoms with Crippen LogP contribution in [0.5, 0.6) is 0 Å². The van der Waals surface area contributed by atoms with E-state index in [1.54, 1.807) is 24.3 Å². The number of aryl methyl sites for hydroxylation is 1. The number of hydrogen-bond acceptors (Lipinski definition) is 2. The molecule has 100 valence electrons. The van der Waals surface area contributed by atoms with Crippen LogP contribution in [0, 0.1) is 12.7 Å². The van der Waals surface area contributed by atoms with Gasteiger partial charge in [0.25, 0.3) is 0 Å². The van der Waals surface area contributed by atoms with Crippen molar-refractivity contribution in [2.75, 3.05) is 0 Å². The summed E-state index contributed by atoms with van der Waals surface area (Å²) < 4.78 is 18.8. The Morgan fingerprint density at radius 1 is 1.15 bits per heavy atom. The number of benzene rings is 2. The average Bonchev–Trinajstić information content (AvgIpc) is 2.81. The summed E-state index contributed by atoms with van der Waals surface area (Å²) in [5, 5.41) is 9.84. The Hall–Kier alpha value is -2.62. The van der Waals surface area contributed by atoms with Gasteiger partial charge in [0.2, 0.25) is 0 Å². The van der Waals surface area contributed by atoms with E-state index in [1.165, 1.54) is 18.2 Å². The number of fused-ring (bicyclic) bond motifs is 1. The van der Waals surface area contributed by atoms with Crippen molar-refractivity contribution in [3.05, 3.63) is 59.4 Å². The van der Waals surface area contributed by atoms with Crippen LogP contribution < -0.4 is 0 Å². The summed E-state index contributed by atoms with van der Waals surface area (Å²) in [5.41, 5.74) is 2.11. The smallest absolute Gasteiger partial charge is 0.336 e. The highest BCUT2D eigenvalue weighted by molar-refractivity contribution is 5.96. The second-order valence-corrected chi connectivity index (χ2v) is 4.65. The lowest BCUT2D eigenvalue weighted by Gasteiger charge is -2.04. The first-order valence-electron chi connectivity index (χ1n) is 6.08. The molecule has 0 fully saturated rings. The molecule has 1 heterocycles. The van der Waals surface area contributed by atoms with Gasteiger partial charge in [0.1, 0.15) is 17.2 Å². The van der Waals surface area contributed by atoms with Crippen molar-refractivity contribution in [2.24, 2.45) is 0 Å². The lowest BCUT2D eigenvalue weighted by molar-refractivity contribution is 0.0697. The van der Waals surface area contributed by atoms with Crippen molar-refractivity contribution < 1.29 is 18.7 Å². The summed E-state index contributed by atoms with van der Waals surface area (Å²) in [6, 6.07) is 10.9. The molecule has 3 aromatic rings. The first-order valence-corrected chi connectivity index (χ1v) is 6.08. The molecule has 1 aromatic heterocycles. The Kier molecular flexibility index (Phi) is 2.79. The molecule has 3 nitrogen and oxygen atoms in total. The molecule has 0 aliphatic carbocycles. The van der Waals surface area contributed by atoms with Crippen LogP contribution in [0.15, 0.2) is 46.9 Å². The number of carboxylic acid groups (broad SMARTS) is 1. The maximum atomic E-state index is 13.2. The number of halogens is 1. The number of rotatable bonds is 2. The van der Waals surface area contributed by atoms with Crippen molar-refractivity contribution >= 4 is 16.9 Å². The molecule has 0 atom stereocenters. The van der Waals surface area contributed by atoms with E-state index in [9.17, 15) is 14.3 Å². The van der Waals surface area contributed by atoms with E-state index in [0.717, 1.165) is 5.56 Å². The predicted molar refractivity (Wildman–Crippen MR) is 73.3 cm³/mol. The largest absolute Gasteiger partial charge is 0.478 e. The Labute approximate surface area is 114 Å². The highest BCUT2D eigenvalue weighted by Gasteiger charge is 2.15. The number of furan rings is 1. The van der Waals surface area contributed by atoms with Crippen LogP contribution in [-0.2, 0) is 0 Å². The minimum atomic E-state index is -1.02. The Morgan fingerprint density at radius 2 is 1.95 bits per heavy atom. The molecule has 3 rings (SSSR count). The van der Waals surface area contributed by atoms with E-state index in [-0.39, 0.29) is 11.4 Å². The van der Waals surface area contributed by atoms with Crippen LogP contribution in [0.25, 0.3) is 22.3 Å². The molecule has 20 heavy (non-hydrogen) atoms. The molecule has 4 heteroatoms. The summed E-state index contributed by atoms with van der Waals surface area (Å²) in [6.07, 6.45) is 0. The highest BCUT2D eigenvalue weighted by Crippen LogP contribution is 2.31. The molecule has 0 spiro atoms. The van der Waals surface area contributed by atoms with E-state index in [4.69, 9.17) is 4.42 Å². The molecular weight excluding hydrogens is 259 g/mol. The van der Waals surface area contributed by atoms with Crippen molar-refractivity contribution in [2.45, 2.75) is 6.92 Å². The Balaban J connectivity index is 2.24. The van der Waals surface area contributed by atoms with Gasteiger partial charge in [-0.15, -0.1) is 0 Å². The SMILES string of the molecule is Cc1ccc(C(=O)O)c(-c2cc3cc(F)ccc3o2)c1. The van der Waals surface area contributed by atoms with Gasteiger partial charge in [0, 0.05) is 10.9 Å². The fourth-order valence-corrected chi connectivity index (χ4v) is 2.20. The van der Waals surface area contributed by atoms with Gasteiger partial charge in [-0.2, -0.15) is 0 Å². The standard InChI is InChI=1S/C16H11FO3/c1-9-2-4-12(16(18)19)13(6-9)15-8-10-7-11(17)3-5-14(10)20-15/h2-8H,1H3,(H,18,19). The molecular formula is C16H11FO3. The van der Waals surface area contributed by atoms with Crippen molar-refractivity contribution in [3.63, 3.8) is 0 Å². The Morgan fingerprint density at radius 3 is 2.70 bits per heavy atom. The van der Waals surface area contributed by atoms with Gasteiger partial charge in [-0.1, -0.05) is 11.6 Å². The van der Waals surface area contributed by atoms with E-state index in [0.29, 0.717) is 22.3 Å². The third-order valence-corrected chi connectivity index (χ3v) is 3.15. The van der Waals surface area contributed by atoms with E-state index >= 15 is 0 Å². The van der Waals surface area contributed by atoms with Gasteiger partial charge in [-0.3, -0.25) is 0 Å². The van der Waals surface area contributed by atoms with Crippen LogP contribution in [-0.4, -0.2) is 11.1 Å². The molecule has 0 bridgehead atoms. The van der Waals surface area contributed by atoms with Crippen molar-refractivity contribution in [3.8, 4) is 11.3 Å². The van der Waals surface area contributed by atoms with Gasteiger partial charge in [0.05, 0.1) is 5.56 Å². The summed E-state index contributed by atoms with van der Waals surface area (Å²) in [4.78, 5) is 11.3. The number of aromatic carboxylic acids is 1. The molecule has 0 amide bonds. The minimum Gasteiger partial charge on any atom is -0.478 e. The third kappa shape index (κ3) is 2.05. The van der Waals surface area contributed by atoms with E-state index in [1.807, 2.05) is 6.92 Å². The predicted octanol–water partition coefficient (Wildman–Crippen LogP) is 4.25. The first kappa shape index (κ1) is 12.4. The van der Waals surface area contributed by atoms with Crippen LogP contribution >= 0.6 is 0 Å². The lowest BCUT2D eigenvalue weighted by Crippen LogP contribution is -1.99. The monoisotopic (exact) mass is 270 g/mol. The van der Waals surface area contributed by atoms with Crippen LogP contribution in [0.4, 0.5) is 4.39 Å². The summed E-state index contributed by atoms with van der Waals surface area (Å²) in [5.74, 6) is -0.953. The van der Waals surface area contributed by atoms with Gasteiger partial charge >= 0.3 is 5.97 Å². The van der Waals surface area contributed by atoms with Crippen LogP contribution in [0.1, 0.15) is 15.9 Å². The Bertz CT molecular complexity index is 818. The maximum Gasteiger partial charge on any atom is 0.336 e. The molecule has 0 radical (unpaired) electrons. The normalized spacial score (nSPS) is 10.9. The lowest BCUT2D eigenvalue weighted by atomic mass is 10.0. The van der Waals surface area contributed by atoms with Gasteiger partial charge < -0.3 is 9.52 Å². The molecule has 0 saturated heterocycles. The summed E-state index contributed by atoms with van der Waals surface area (Å²) >= 11 is 0. The van der Waals surface area contributed by atoms with Gasteiger partial charge in [0.15, 0.2) is 0 Å². The second-order valence-electron chi connectivity index (χ2n) is 4.65. The molecule has 0 aliphatic rings. The van der Waals surface area contributed by atoms with Gasteiger partial charge in [-0.25, -0.2) is 9.18 Å². The molecule has 0 aliphatic heterocycles. The first-order chi connectivity index (χ1) is 9.54. The maximum absolute atomic E-state index is 13.2. The highest BCUT2D eigenvalue weighted by atomic mass is 19.1. The second kappa shape index (κ2) is 4.49. The zero-order valence-corrected chi connectivity index (χ0v) is 10.7. The van der Waals surface area contributed by atoms with Crippen molar-refractivity contribution in [1.82, 2.24) is 0 Å². The van der Waals surface area contributed by atoms with Crippen LogP contribution in [0.3, 0.4) is 0 Å². The van der Waals surface area contributed by atoms with Gasteiger partial charge in [-0.05, 0) is 43.3 Å². The van der Waals surface area contributed by atoms with E-state index < -0.39 is 5.97 Å². The minimum absolute atomic E-state index is 0.162. The summed E-state index contributed by atoms with van der Waals surface area (Å²) in [6.45, 7) is 1.87. The van der Waals surface area contributed by atoms with Crippen LogP contribution in [0.2, 0.25) is 0 Å². The quantitative estimate of drug-likeness (QED) is 0.757. The molecule has 2 aromatic carbocycles. The molecule has 1 N–H and O–H groups in total. The van der Waals surface area contributed by atoms with E-state index in [2.05, 4.69) is 0 Å². The molecule has 0 saturated carbocycles. The number of hydrogen-bond donors (Lipinski definition) is 1. The number of carboxylic acids is 1. The fraction of sp³-hybridized carbons (Fsp3) is 0.0625. The summed E-state index contributed by atoms with van der Waals surface area (Å²) in [7, 11) is 0. The topological polar surface area (TPSA) is 50.4 Å².